The van der Waals surface area contributed by atoms with Crippen molar-refractivity contribution < 1.29 is 4.79 Å². The molecule has 0 atom stereocenters. The lowest BCUT2D eigenvalue weighted by Crippen LogP contribution is -2.28. The number of rotatable bonds is 2. The normalized spacial score (nSPS) is 14.1. The molecule has 0 fully saturated rings. The van der Waals surface area contributed by atoms with Gasteiger partial charge in [0.15, 0.2) is 5.78 Å². The van der Waals surface area contributed by atoms with Gasteiger partial charge in [0.25, 0.3) is 5.56 Å². The molecule has 3 rings (SSSR count). The van der Waals surface area contributed by atoms with Crippen LogP contribution in [0.25, 0.3) is 0 Å². The number of carbonyl (C=O) groups excluding carboxylic acids is 1. The lowest BCUT2D eigenvalue weighted by atomic mass is 9.94. The topological polar surface area (TPSA) is 39.1 Å². The molecule has 0 radical (unpaired) electrons. The number of nitrogens with zero attached hydrogens (tertiary/aromatic N) is 1. The average molecular weight is 281 g/mol. The van der Waals surface area contributed by atoms with Gasteiger partial charge < -0.3 is 4.57 Å². The lowest BCUT2D eigenvalue weighted by molar-refractivity contribution is 0.0970. The fourth-order valence-electron chi connectivity index (χ4n) is 3.21. The highest BCUT2D eigenvalue weighted by molar-refractivity contribution is 5.97. The van der Waals surface area contributed by atoms with E-state index >= 15 is 0 Å². The van der Waals surface area contributed by atoms with E-state index in [0.29, 0.717) is 13.0 Å². The molecule has 3 nitrogen and oxygen atoms in total. The van der Waals surface area contributed by atoms with Crippen molar-refractivity contribution in [2.45, 2.75) is 39.7 Å². The maximum absolute atomic E-state index is 12.2. The second-order valence-electron chi connectivity index (χ2n) is 5.89. The summed E-state index contributed by atoms with van der Waals surface area (Å²) in [6, 6.07) is 9.53. The Morgan fingerprint density at radius 3 is 2.43 bits per heavy atom. The molecule has 108 valence electrons. The van der Waals surface area contributed by atoms with Crippen LogP contribution >= 0.6 is 0 Å². The van der Waals surface area contributed by atoms with Crippen LogP contribution in [0.3, 0.4) is 0 Å². The summed E-state index contributed by atoms with van der Waals surface area (Å²) in [5, 5.41) is 0. The second kappa shape index (κ2) is 5.32. The van der Waals surface area contributed by atoms with Crippen LogP contribution in [0.5, 0.6) is 0 Å². The summed E-state index contributed by atoms with van der Waals surface area (Å²) in [5.41, 5.74) is 5.10. The van der Waals surface area contributed by atoms with Crippen LogP contribution in [0.2, 0.25) is 0 Å². The number of ketones is 1. The highest BCUT2D eigenvalue weighted by Crippen LogP contribution is 2.20. The number of hydrogen-bond acceptors (Lipinski definition) is 2. The van der Waals surface area contributed by atoms with Crippen LogP contribution in [0.15, 0.2) is 35.1 Å². The van der Waals surface area contributed by atoms with E-state index in [4.69, 9.17) is 0 Å². The third-order valence-corrected chi connectivity index (χ3v) is 4.04. The lowest BCUT2D eigenvalue weighted by Gasteiger charge is -2.20. The van der Waals surface area contributed by atoms with E-state index in [1.54, 1.807) is 10.6 Å². The number of aryl methyl sites for hydroxylation is 2. The molecule has 0 bridgehead atoms. The fraction of sp³-hybridized carbons (Fsp3) is 0.333. The predicted octanol–water partition coefficient (Wildman–Crippen LogP) is 3.03. The maximum atomic E-state index is 12.2. The number of aromatic nitrogens is 1. The largest absolute Gasteiger partial charge is 0.308 e. The Morgan fingerprint density at radius 1 is 1.00 bits per heavy atom. The molecule has 0 amide bonds. The molecule has 0 aliphatic heterocycles. The molecule has 1 heterocycles. The molecule has 1 aliphatic rings. The summed E-state index contributed by atoms with van der Waals surface area (Å²) in [4.78, 5) is 24.2. The van der Waals surface area contributed by atoms with Gasteiger partial charge in [-0.1, -0.05) is 29.3 Å². The Kier molecular flexibility index (Phi) is 3.50. The van der Waals surface area contributed by atoms with Crippen molar-refractivity contribution >= 4 is 5.78 Å². The minimum absolute atomic E-state index is 0.0254. The molecule has 1 aromatic carbocycles. The first-order valence-electron chi connectivity index (χ1n) is 7.38. The summed E-state index contributed by atoms with van der Waals surface area (Å²) in [6.45, 7) is 4.66. The zero-order chi connectivity index (χ0) is 15.0. The van der Waals surface area contributed by atoms with Gasteiger partial charge in [0.2, 0.25) is 0 Å². The molecule has 0 saturated heterocycles. The van der Waals surface area contributed by atoms with Gasteiger partial charge in [-0.3, -0.25) is 9.59 Å². The Bertz CT molecular complexity index is 751. The highest BCUT2D eigenvalue weighted by atomic mass is 16.1. The summed E-state index contributed by atoms with van der Waals surface area (Å²) in [7, 11) is 0. The Hall–Kier alpha value is -2.16. The van der Waals surface area contributed by atoms with Gasteiger partial charge in [0, 0.05) is 23.7 Å². The van der Waals surface area contributed by atoms with Crippen LogP contribution < -0.4 is 5.56 Å². The summed E-state index contributed by atoms with van der Waals surface area (Å²) in [6.07, 6.45) is 2.23. The van der Waals surface area contributed by atoms with Gasteiger partial charge in [0.05, 0.1) is 6.54 Å². The molecule has 21 heavy (non-hydrogen) atoms. The quantitative estimate of drug-likeness (QED) is 0.848. The molecule has 1 aliphatic carbocycles. The van der Waals surface area contributed by atoms with Crippen LogP contribution in [-0.4, -0.2) is 10.4 Å². The van der Waals surface area contributed by atoms with E-state index in [9.17, 15) is 9.59 Å². The Balaban J connectivity index is 2.08. The third-order valence-electron chi connectivity index (χ3n) is 4.04. The SMILES string of the molecule is Cc1cc(C)cc(Cn2c3c(ccc2=O)C(=O)CCC3)c1. The van der Waals surface area contributed by atoms with Gasteiger partial charge in [-0.15, -0.1) is 0 Å². The molecule has 0 saturated carbocycles. The number of hydrogen-bond donors (Lipinski definition) is 0. The predicted molar refractivity (Wildman–Crippen MR) is 83.0 cm³/mol. The monoisotopic (exact) mass is 281 g/mol. The second-order valence-corrected chi connectivity index (χ2v) is 5.89. The molecule has 0 N–H and O–H groups in total. The van der Waals surface area contributed by atoms with Crippen LogP contribution in [-0.2, 0) is 13.0 Å². The number of fused-ring (bicyclic) bond motifs is 1. The van der Waals surface area contributed by atoms with Gasteiger partial charge in [-0.05, 0) is 38.3 Å². The van der Waals surface area contributed by atoms with Gasteiger partial charge in [-0.25, -0.2) is 0 Å². The molecule has 2 aromatic rings. The van der Waals surface area contributed by atoms with Gasteiger partial charge in [-0.2, -0.15) is 0 Å². The van der Waals surface area contributed by atoms with E-state index in [-0.39, 0.29) is 11.3 Å². The zero-order valence-corrected chi connectivity index (χ0v) is 12.5. The summed E-state index contributed by atoms with van der Waals surface area (Å²) < 4.78 is 1.76. The van der Waals surface area contributed by atoms with Gasteiger partial charge in [0.1, 0.15) is 0 Å². The molecule has 0 unspecified atom stereocenters. The Labute approximate surface area is 124 Å². The van der Waals surface area contributed by atoms with Crippen LogP contribution in [0.1, 0.15) is 45.6 Å². The minimum Gasteiger partial charge on any atom is -0.308 e. The summed E-state index contributed by atoms with van der Waals surface area (Å²) >= 11 is 0. The van der Waals surface area contributed by atoms with Crippen molar-refractivity contribution in [2.75, 3.05) is 0 Å². The van der Waals surface area contributed by atoms with Crippen molar-refractivity contribution in [1.29, 1.82) is 0 Å². The first-order chi connectivity index (χ1) is 10.0. The van der Waals surface area contributed by atoms with E-state index in [1.165, 1.54) is 17.2 Å². The van der Waals surface area contributed by atoms with Crippen molar-refractivity contribution in [1.82, 2.24) is 4.57 Å². The first kappa shape index (κ1) is 13.8. The van der Waals surface area contributed by atoms with Crippen LogP contribution in [0, 0.1) is 13.8 Å². The van der Waals surface area contributed by atoms with Crippen molar-refractivity contribution in [2.24, 2.45) is 0 Å². The van der Waals surface area contributed by atoms with Crippen molar-refractivity contribution in [3.8, 4) is 0 Å². The number of carbonyl (C=O) groups is 1. The van der Waals surface area contributed by atoms with E-state index in [1.807, 2.05) is 0 Å². The Morgan fingerprint density at radius 2 is 1.71 bits per heavy atom. The van der Waals surface area contributed by atoms with E-state index < -0.39 is 0 Å². The number of benzene rings is 1. The molecular formula is C18H19NO2. The third kappa shape index (κ3) is 2.68. The zero-order valence-electron chi connectivity index (χ0n) is 12.5. The van der Waals surface area contributed by atoms with Crippen molar-refractivity contribution in [3.05, 3.63) is 68.6 Å². The first-order valence-corrected chi connectivity index (χ1v) is 7.38. The molecular weight excluding hydrogens is 262 g/mol. The molecule has 1 aromatic heterocycles. The van der Waals surface area contributed by atoms with Crippen molar-refractivity contribution in [3.63, 3.8) is 0 Å². The minimum atomic E-state index is -0.0254. The number of pyridine rings is 1. The summed E-state index contributed by atoms with van der Waals surface area (Å²) in [5.74, 6) is 0.158. The van der Waals surface area contributed by atoms with E-state index in [2.05, 4.69) is 32.0 Å². The highest BCUT2D eigenvalue weighted by Gasteiger charge is 2.20. The fourth-order valence-corrected chi connectivity index (χ4v) is 3.21. The number of Topliss-reactive ketones (excluding diaryl/α,β-unsaturated/α-hetero) is 1. The maximum Gasteiger partial charge on any atom is 0.251 e. The standard InChI is InChI=1S/C18H19NO2/c1-12-8-13(2)10-14(9-12)11-19-16-4-3-5-17(20)15(16)6-7-18(19)21/h6-10H,3-5,11H2,1-2H3. The molecule has 0 spiro atoms. The smallest absolute Gasteiger partial charge is 0.251 e. The average Bonchev–Trinajstić information content (AvgIpc) is 2.41. The van der Waals surface area contributed by atoms with Gasteiger partial charge >= 0.3 is 0 Å². The molecule has 3 heteroatoms. The van der Waals surface area contributed by atoms with Crippen LogP contribution in [0.4, 0.5) is 0 Å². The van der Waals surface area contributed by atoms with E-state index in [0.717, 1.165) is 29.7 Å².